The zero-order valence-corrected chi connectivity index (χ0v) is 17.4. The molecule has 6 heteroatoms. The van der Waals surface area contributed by atoms with Crippen molar-refractivity contribution in [2.45, 2.75) is 38.6 Å². The minimum atomic E-state index is -0.193. The van der Waals surface area contributed by atoms with Crippen LogP contribution in [0.25, 0.3) is 0 Å². The van der Waals surface area contributed by atoms with Crippen LogP contribution in [0, 0.1) is 5.92 Å². The van der Waals surface area contributed by atoms with Gasteiger partial charge in [0.25, 0.3) is 5.91 Å². The van der Waals surface area contributed by atoms with Crippen molar-refractivity contribution >= 4 is 23.2 Å². The molecule has 0 aliphatic heterocycles. The first-order valence-corrected chi connectivity index (χ1v) is 10.8. The molecule has 2 aromatic rings. The maximum absolute atomic E-state index is 12.5. The SMILES string of the molecule is CCOc1ccc(NC(=O)c2ccc(NC(=O)CN(CC3CC3)C3CC3)cc2)cc1. The molecule has 4 rings (SSSR count). The van der Waals surface area contributed by atoms with Crippen LogP contribution in [-0.2, 0) is 4.79 Å². The first-order chi connectivity index (χ1) is 14.6. The molecule has 0 atom stereocenters. The van der Waals surface area contributed by atoms with Crippen molar-refractivity contribution in [2.24, 2.45) is 5.92 Å². The summed E-state index contributed by atoms with van der Waals surface area (Å²) in [5, 5.41) is 5.83. The van der Waals surface area contributed by atoms with Crippen molar-refractivity contribution in [3.05, 3.63) is 54.1 Å². The summed E-state index contributed by atoms with van der Waals surface area (Å²) in [6, 6.07) is 14.9. The molecule has 0 radical (unpaired) electrons. The van der Waals surface area contributed by atoms with E-state index in [4.69, 9.17) is 4.74 Å². The molecule has 2 aliphatic rings. The largest absolute Gasteiger partial charge is 0.494 e. The van der Waals surface area contributed by atoms with Crippen molar-refractivity contribution in [2.75, 3.05) is 30.3 Å². The van der Waals surface area contributed by atoms with Gasteiger partial charge in [0.2, 0.25) is 5.91 Å². The van der Waals surface area contributed by atoms with Crippen LogP contribution in [0.5, 0.6) is 5.75 Å². The average Bonchev–Trinajstić information content (AvgIpc) is 3.64. The Balaban J connectivity index is 1.28. The van der Waals surface area contributed by atoms with E-state index in [9.17, 15) is 9.59 Å². The summed E-state index contributed by atoms with van der Waals surface area (Å²) in [6.45, 7) is 4.02. The maximum atomic E-state index is 12.5. The van der Waals surface area contributed by atoms with Crippen LogP contribution >= 0.6 is 0 Å². The summed E-state index contributed by atoms with van der Waals surface area (Å²) in [6.07, 6.45) is 5.01. The highest BCUT2D eigenvalue weighted by molar-refractivity contribution is 6.04. The first kappa shape index (κ1) is 20.4. The van der Waals surface area contributed by atoms with Gasteiger partial charge in [-0.05, 0) is 87.1 Å². The molecule has 2 N–H and O–H groups in total. The van der Waals surface area contributed by atoms with E-state index in [-0.39, 0.29) is 11.8 Å². The summed E-state index contributed by atoms with van der Waals surface area (Å²) in [4.78, 5) is 27.2. The predicted octanol–water partition coefficient (Wildman–Crippen LogP) is 4.15. The third kappa shape index (κ3) is 5.83. The second-order valence-electron chi connectivity index (χ2n) is 8.14. The quantitative estimate of drug-likeness (QED) is 0.621. The molecule has 2 saturated carbocycles. The minimum absolute atomic E-state index is 0.00846. The molecule has 2 fully saturated rings. The molecule has 0 saturated heterocycles. The Morgan fingerprint density at radius 3 is 2.17 bits per heavy atom. The molecule has 0 spiro atoms. The van der Waals surface area contributed by atoms with E-state index >= 15 is 0 Å². The third-order valence-electron chi connectivity index (χ3n) is 5.45. The van der Waals surface area contributed by atoms with Gasteiger partial charge in [-0.3, -0.25) is 14.5 Å². The number of nitrogens with zero attached hydrogens (tertiary/aromatic N) is 1. The summed E-state index contributed by atoms with van der Waals surface area (Å²) >= 11 is 0. The van der Waals surface area contributed by atoms with Crippen molar-refractivity contribution < 1.29 is 14.3 Å². The molecule has 2 aliphatic carbocycles. The van der Waals surface area contributed by atoms with Gasteiger partial charge in [-0.25, -0.2) is 0 Å². The van der Waals surface area contributed by atoms with Crippen LogP contribution in [0.3, 0.4) is 0 Å². The van der Waals surface area contributed by atoms with E-state index in [1.807, 2.05) is 31.2 Å². The number of anilines is 2. The smallest absolute Gasteiger partial charge is 0.255 e. The lowest BCUT2D eigenvalue weighted by Gasteiger charge is -2.21. The summed E-state index contributed by atoms with van der Waals surface area (Å²) in [5.74, 6) is 1.37. The molecule has 0 heterocycles. The summed E-state index contributed by atoms with van der Waals surface area (Å²) in [7, 11) is 0. The lowest BCUT2D eigenvalue weighted by molar-refractivity contribution is -0.117. The molecular formula is C24H29N3O3. The highest BCUT2D eigenvalue weighted by Crippen LogP contribution is 2.34. The Morgan fingerprint density at radius 1 is 0.933 bits per heavy atom. The van der Waals surface area contributed by atoms with Crippen LogP contribution in [0.1, 0.15) is 43.0 Å². The molecule has 2 aromatic carbocycles. The number of amides is 2. The van der Waals surface area contributed by atoms with Crippen molar-refractivity contribution in [1.82, 2.24) is 4.90 Å². The van der Waals surface area contributed by atoms with Crippen molar-refractivity contribution in [3.8, 4) is 5.75 Å². The van der Waals surface area contributed by atoms with E-state index in [0.717, 1.165) is 18.2 Å². The summed E-state index contributed by atoms with van der Waals surface area (Å²) in [5.41, 5.74) is 1.95. The molecule has 6 nitrogen and oxygen atoms in total. The Kier molecular flexibility index (Phi) is 6.33. The van der Waals surface area contributed by atoms with Gasteiger partial charge in [0.15, 0.2) is 0 Å². The monoisotopic (exact) mass is 407 g/mol. The number of hydrogen-bond donors (Lipinski definition) is 2. The van der Waals surface area contributed by atoms with Crippen molar-refractivity contribution in [3.63, 3.8) is 0 Å². The second kappa shape index (κ2) is 9.30. The minimum Gasteiger partial charge on any atom is -0.494 e. The number of carbonyl (C=O) groups is 2. The fourth-order valence-corrected chi connectivity index (χ4v) is 3.51. The highest BCUT2D eigenvalue weighted by atomic mass is 16.5. The van der Waals surface area contributed by atoms with E-state index in [2.05, 4.69) is 15.5 Å². The maximum Gasteiger partial charge on any atom is 0.255 e. The van der Waals surface area contributed by atoms with Gasteiger partial charge in [-0.2, -0.15) is 0 Å². The summed E-state index contributed by atoms with van der Waals surface area (Å²) < 4.78 is 5.41. The standard InChI is InChI=1S/C24H29N3O3/c1-2-30-22-13-9-20(10-14-22)26-24(29)18-5-7-19(8-6-18)25-23(28)16-27(21-11-12-21)15-17-3-4-17/h5-10,13-14,17,21H,2-4,11-12,15-16H2,1H3,(H,25,28)(H,26,29). The zero-order chi connectivity index (χ0) is 20.9. The number of benzene rings is 2. The number of carbonyl (C=O) groups excluding carboxylic acids is 2. The number of ether oxygens (including phenoxy) is 1. The van der Waals surface area contributed by atoms with Gasteiger partial charge in [0.1, 0.15) is 5.75 Å². The lowest BCUT2D eigenvalue weighted by atomic mass is 10.2. The average molecular weight is 408 g/mol. The first-order valence-electron chi connectivity index (χ1n) is 10.8. The van der Waals surface area contributed by atoms with Crippen LogP contribution in [0.2, 0.25) is 0 Å². The fraction of sp³-hybridized carbons (Fsp3) is 0.417. The molecular weight excluding hydrogens is 378 g/mol. The predicted molar refractivity (Wildman–Crippen MR) is 118 cm³/mol. The molecule has 2 amide bonds. The van der Waals surface area contributed by atoms with Gasteiger partial charge in [-0.1, -0.05) is 0 Å². The Hall–Kier alpha value is -2.86. The molecule has 0 unspecified atom stereocenters. The van der Waals surface area contributed by atoms with E-state index in [1.165, 1.54) is 25.7 Å². The lowest BCUT2D eigenvalue weighted by Crippen LogP contribution is -2.36. The topological polar surface area (TPSA) is 70.7 Å². The Labute approximate surface area is 177 Å². The van der Waals surface area contributed by atoms with Crippen LogP contribution in [-0.4, -0.2) is 42.5 Å². The number of nitrogens with one attached hydrogen (secondary N) is 2. The van der Waals surface area contributed by atoms with E-state index in [0.29, 0.717) is 36.1 Å². The van der Waals surface area contributed by atoms with E-state index in [1.54, 1.807) is 24.3 Å². The highest BCUT2D eigenvalue weighted by Gasteiger charge is 2.34. The third-order valence-corrected chi connectivity index (χ3v) is 5.45. The molecule has 0 aromatic heterocycles. The number of hydrogen-bond acceptors (Lipinski definition) is 4. The Bertz CT molecular complexity index is 872. The second-order valence-corrected chi connectivity index (χ2v) is 8.14. The van der Waals surface area contributed by atoms with Gasteiger partial charge in [0.05, 0.1) is 13.2 Å². The van der Waals surface area contributed by atoms with Gasteiger partial charge < -0.3 is 15.4 Å². The fourth-order valence-electron chi connectivity index (χ4n) is 3.51. The van der Waals surface area contributed by atoms with Crippen LogP contribution < -0.4 is 15.4 Å². The number of rotatable bonds is 10. The zero-order valence-electron chi connectivity index (χ0n) is 17.4. The van der Waals surface area contributed by atoms with Gasteiger partial charge >= 0.3 is 0 Å². The van der Waals surface area contributed by atoms with Crippen LogP contribution in [0.15, 0.2) is 48.5 Å². The van der Waals surface area contributed by atoms with E-state index < -0.39 is 0 Å². The molecule has 0 bridgehead atoms. The van der Waals surface area contributed by atoms with Crippen molar-refractivity contribution in [1.29, 1.82) is 0 Å². The molecule has 30 heavy (non-hydrogen) atoms. The molecule has 158 valence electrons. The Morgan fingerprint density at radius 2 is 1.57 bits per heavy atom. The van der Waals surface area contributed by atoms with Gasteiger partial charge in [-0.15, -0.1) is 0 Å². The van der Waals surface area contributed by atoms with Gasteiger partial charge in [0, 0.05) is 29.5 Å². The normalized spacial score (nSPS) is 15.7. The van der Waals surface area contributed by atoms with Crippen LogP contribution in [0.4, 0.5) is 11.4 Å².